The highest BCUT2D eigenvalue weighted by molar-refractivity contribution is 6.42. The normalized spacial score (nSPS) is 20.3. The molecule has 1 aromatic rings. The largest absolute Gasteiger partial charge is 0.284 e. The zero-order valence-electron chi connectivity index (χ0n) is 13.1. The fourth-order valence-corrected chi connectivity index (χ4v) is 4.08. The molecule has 1 saturated carbocycles. The molecule has 0 unspecified atom stereocenters. The summed E-state index contributed by atoms with van der Waals surface area (Å²) in [5.74, 6) is -0.0509. The second-order valence-electron chi connectivity index (χ2n) is 6.66. The third-order valence-corrected chi connectivity index (χ3v) is 5.76. The first-order chi connectivity index (χ1) is 10.9. The van der Waals surface area contributed by atoms with Crippen LogP contribution in [0, 0.1) is 5.41 Å². The number of hydrogen-bond acceptors (Lipinski definition) is 3. The van der Waals surface area contributed by atoms with Gasteiger partial charge in [-0.25, -0.2) is 0 Å². The minimum atomic E-state index is -0.411. The molecule has 124 valence electrons. The Labute approximate surface area is 146 Å². The topological polar surface area (TPSA) is 40.6 Å². The SMILES string of the molecule is CN(Cc1cccc(Cl)c1Cl)CN1C(=O)CC2(CCCC2)C1=O. The van der Waals surface area contributed by atoms with Crippen molar-refractivity contribution in [3.05, 3.63) is 33.8 Å². The van der Waals surface area contributed by atoms with Crippen molar-refractivity contribution in [1.82, 2.24) is 9.80 Å². The van der Waals surface area contributed by atoms with E-state index >= 15 is 0 Å². The van der Waals surface area contributed by atoms with Gasteiger partial charge in [-0.05, 0) is 31.5 Å². The summed E-state index contributed by atoms with van der Waals surface area (Å²) in [6.07, 6.45) is 4.15. The Morgan fingerprint density at radius 1 is 1.22 bits per heavy atom. The predicted molar refractivity (Wildman–Crippen MR) is 90.2 cm³/mol. The lowest BCUT2D eigenvalue weighted by molar-refractivity contribution is -0.143. The maximum absolute atomic E-state index is 12.7. The second kappa shape index (κ2) is 6.42. The van der Waals surface area contributed by atoms with Gasteiger partial charge in [-0.2, -0.15) is 0 Å². The molecule has 4 nitrogen and oxygen atoms in total. The number of imide groups is 1. The fraction of sp³-hybridized carbons (Fsp3) is 0.529. The van der Waals surface area contributed by atoms with Crippen molar-refractivity contribution >= 4 is 35.0 Å². The molecule has 2 amide bonds. The van der Waals surface area contributed by atoms with Gasteiger partial charge in [-0.15, -0.1) is 0 Å². The van der Waals surface area contributed by atoms with Crippen molar-refractivity contribution in [3.8, 4) is 0 Å². The molecule has 6 heteroatoms. The van der Waals surface area contributed by atoms with Crippen molar-refractivity contribution < 1.29 is 9.59 Å². The lowest BCUT2D eigenvalue weighted by atomic mass is 9.85. The molecule has 1 aliphatic carbocycles. The van der Waals surface area contributed by atoms with E-state index in [2.05, 4.69) is 0 Å². The minimum Gasteiger partial charge on any atom is -0.284 e. The molecule has 3 rings (SSSR count). The van der Waals surface area contributed by atoms with Crippen LogP contribution in [-0.4, -0.2) is 35.3 Å². The Morgan fingerprint density at radius 3 is 2.61 bits per heavy atom. The summed E-state index contributed by atoms with van der Waals surface area (Å²) in [4.78, 5) is 28.3. The summed E-state index contributed by atoms with van der Waals surface area (Å²) >= 11 is 12.2. The van der Waals surface area contributed by atoms with Crippen LogP contribution in [0.5, 0.6) is 0 Å². The molecule has 0 radical (unpaired) electrons. The predicted octanol–water partition coefficient (Wildman–Crippen LogP) is 3.70. The summed E-state index contributed by atoms with van der Waals surface area (Å²) in [5.41, 5.74) is 0.474. The first-order valence-corrected chi connectivity index (χ1v) is 8.65. The lowest BCUT2D eigenvalue weighted by Crippen LogP contribution is -2.41. The van der Waals surface area contributed by atoms with Gasteiger partial charge in [0.2, 0.25) is 11.8 Å². The van der Waals surface area contributed by atoms with Crippen LogP contribution < -0.4 is 0 Å². The number of hydrogen-bond donors (Lipinski definition) is 0. The minimum absolute atomic E-state index is 0.00374. The number of carbonyl (C=O) groups is 2. The summed E-state index contributed by atoms with van der Waals surface area (Å²) in [5, 5.41) is 1.03. The number of carbonyl (C=O) groups excluding carboxylic acids is 2. The van der Waals surface area contributed by atoms with Crippen molar-refractivity contribution in [3.63, 3.8) is 0 Å². The number of amides is 2. The maximum atomic E-state index is 12.7. The van der Waals surface area contributed by atoms with E-state index in [4.69, 9.17) is 23.2 Å². The highest BCUT2D eigenvalue weighted by Gasteiger charge is 2.52. The van der Waals surface area contributed by atoms with E-state index in [0.29, 0.717) is 29.7 Å². The fourth-order valence-electron chi connectivity index (χ4n) is 3.70. The highest BCUT2D eigenvalue weighted by Crippen LogP contribution is 2.46. The average molecular weight is 355 g/mol. The smallest absolute Gasteiger partial charge is 0.237 e. The van der Waals surface area contributed by atoms with Crippen molar-refractivity contribution in [2.75, 3.05) is 13.7 Å². The monoisotopic (exact) mass is 354 g/mol. The van der Waals surface area contributed by atoms with Gasteiger partial charge in [0.1, 0.15) is 0 Å². The third kappa shape index (κ3) is 3.12. The van der Waals surface area contributed by atoms with Crippen LogP contribution in [0.2, 0.25) is 10.0 Å². The van der Waals surface area contributed by atoms with Gasteiger partial charge >= 0.3 is 0 Å². The van der Waals surface area contributed by atoms with E-state index in [1.54, 1.807) is 6.07 Å². The number of likely N-dealkylation sites (tertiary alicyclic amines) is 1. The van der Waals surface area contributed by atoms with E-state index in [1.165, 1.54) is 4.90 Å². The quantitative estimate of drug-likeness (QED) is 0.774. The van der Waals surface area contributed by atoms with Gasteiger partial charge in [-0.3, -0.25) is 19.4 Å². The first kappa shape index (κ1) is 16.7. The van der Waals surface area contributed by atoms with E-state index in [0.717, 1.165) is 31.2 Å². The lowest BCUT2D eigenvalue weighted by Gasteiger charge is -2.25. The van der Waals surface area contributed by atoms with Gasteiger partial charge in [-0.1, -0.05) is 48.2 Å². The zero-order chi connectivity index (χ0) is 16.6. The molecule has 23 heavy (non-hydrogen) atoms. The Morgan fingerprint density at radius 2 is 1.91 bits per heavy atom. The molecule has 1 aliphatic heterocycles. The maximum Gasteiger partial charge on any atom is 0.237 e. The molecule has 0 N–H and O–H groups in total. The van der Waals surface area contributed by atoms with Crippen LogP contribution >= 0.6 is 23.2 Å². The summed E-state index contributed by atoms with van der Waals surface area (Å²) in [6.45, 7) is 0.825. The molecule has 1 heterocycles. The molecule has 2 fully saturated rings. The average Bonchev–Trinajstić information content (AvgIpc) is 3.06. The van der Waals surface area contributed by atoms with Crippen LogP contribution in [0.4, 0.5) is 0 Å². The molecule has 0 atom stereocenters. The van der Waals surface area contributed by atoms with E-state index in [-0.39, 0.29) is 11.8 Å². The molecular formula is C17H20Cl2N2O2. The number of rotatable bonds is 4. The van der Waals surface area contributed by atoms with Gasteiger partial charge < -0.3 is 0 Å². The molecule has 2 aliphatic rings. The Bertz CT molecular complexity index is 641. The van der Waals surface area contributed by atoms with E-state index in [1.807, 2.05) is 24.1 Å². The van der Waals surface area contributed by atoms with Crippen LogP contribution in [0.25, 0.3) is 0 Å². The van der Waals surface area contributed by atoms with Crippen LogP contribution in [0.15, 0.2) is 18.2 Å². The first-order valence-electron chi connectivity index (χ1n) is 7.89. The van der Waals surface area contributed by atoms with Gasteiger partial charge in [0, 0.05) is 13.0 Å². The van der Waals surface area contributed by atoms with Crippen molar-refractivity contribution in [2.45, 2.75) is 38.6 Å². The number of nitrogens with zero attached hydrogens (tertiary/aromatic N) is 2. The second-order valence-corrected chi connectivity index (χ2v) is 7.44. The molecule has 1 saturated heterocycles. The highest BCUT2D eigenvalue weighted by atomic mass is 35.5. The van der Waals surface area contributed by atoms with Crippen LogP contribution in [0.1, 0.15) is 37.7 Å². The van der Waals surface area contributed by atoms with Gasteiger partial charge in [0.25, 0.3) is 0 Å². The zero-order valence-corrected chi connectivity index (χ0v) is 14.7. The molecule has 1 spiro atoms. The Balaban J connectivity index is 1.68. The van der Waals surface area contributed by atoms with Gasteiger partial charge in [0.05, 0.1) is 22.1 Å². The van der Waals surface area contributed by atoms with Crippen molar-refractivity contribution in [1.29, 1.82) is 0 Å². The standard InChI is InChI=1S/C17H20Cl2N2O2/c1-20(10-12-5-4-6-13(18)15(12)19)11-21-14(22)9-17(16(21)23)7-2-3-8-17/h4-6H,2-3,7-11H2,1H3. The number of benzene rings is 1. The Kier molecular flexibility index (Phi) is 4.68. The van der Waals surface area contributed by atoms with Crippen LogP contribution in [-0.2, 0) is 16.1 Å². The molecule has 0 bridgehead atoms. The summed E-state index contributed by atoms with van der Waals surface area (Å²) in [7, 11) is 1.87. The van der Waals surface area contributed by atoms with E-state index in [9.17, 15) is 9.59 Å². The van der Waals surface area contributed by atoms with E-state index < -0.39 is 5.41 Å². The molecule has 1 aromatic carbocycles. The number of halogens is 2. The van der Waals surface area contributed by atoms with Crippen LogP contribution in [0.3, 0.4) is 0 Å². The third-order valence-electron chi connectivity index (χ3n) is 4.90. The summed E-state index contributed by atoms with van der Waals surface area (Å²) < 4.78 is 0. The summed E-state index contributed by atoms with van der Waals surface area (Å²) in [6, 6.07) is 5.48. The molecule has 0 aromatic heterocycles. The van der Waals surface area contributed by atoms with Crippen molar-refractivity contribution in [2.24, 2.45) is 5.41 Å². The molecular weight excluding hydrogens is 335 g/mol. The van der Waals surface area contributed by atoms with Gasteiger partial charge in [0.15, 0.2) is 0 Å². The Hall–Kier alpha value is -1.10.